The van der Waals surface area contributed by atoms with Gasteiger partial charge in [0, 0.05) is 6.42 Å². The third-order valence-corrected chi connectivity index (χ3v) is 5.04. The lowest BCUT2D eigenvalue weighted by Gasteiger charge is -2.19. The fraction of sp³-hybridized carbons (Fsp3) is 0.857. The maximum Gasteiger partial charge on any atom is 0.226 e. The van der Waals surface area contributed by atoms with Crippen LogP contribution in [0.1, 0.15) is 62.5 Å². The molecule has 1 aromatic heterocycles. The number of alkyl halides is 1. The highest BCUT2D eigenvalue weighted by Crippen LogP contribution is 2.49. The first-order valence-electron chi connectivity index (χ1n) is 7.22. The summed E-state index contributed by atoms with van der Waals surface area (Å²) in [5, 5.41) is 3.93. The van der Waals surface area contributed by atoms with Gasteiger partial charge in [-0.15, -0.1) is 11.6 Å². The lowest BCUT2D eigenvalue weighted by molar-refractivity contribution is 0.287. The Morgan fingerprint density at radius 3 is 2.94 bits per heavy atom. The van der Waals surface area contributed by atoms with Crippen LogP contribution in [0.25, 0.3) is 0 Å². The molecule has 1 aromatic rings. The van der Waals surface area contributed by atoms with Gasteiger partial charge in [0.1, 0.15) is 0 Å². The van der Waals surface area contributed by atoms with Crippen LogP contribution in [0.2, 0.25) is 0 Å². The minimum atomic E-state index is -0.0903. The number of aromatic nitrogens is 2. The fourth-order valence-electron chi connectivity index (χ4n) is 3.71. The summed E-state index contributed by atoms with van der Waals surface area (Å²) in [6.07, 6.45) is 8.56. The molecule has 2 aliphatic rings. The topological polar surface area (TPSA) is 38.9 Å². The van der Waals surface area contributed by atoms with Crippen LogP contribution in [0.5, 0.6) is 0 Å². The molecule has 2 aliphatic carbocycles. The zero-order chi connectivity index (χ0) is 12.5. The van der Waals surface area contributed by atoms with Gasteiger partial charge in [0.2, 0.25) is 5.89 Å². The lowest BCUT2D eigenvalue weighted by atomic mass is 9.86. The Balaban J connectivity index is 1.60. The molecule has 0 amide bonds. The predicted molar refractivity (Wildman–Crippen MR) is 70.4 cm³/mol. The second kappa shape index (κ2) is 5.20. The average molecular weight is 269 g/mol. The largest absolute Gasteiger partial charge is 0.339 e. The van der Waals surface area contributed by atoms with Crippen LogP contribution in [-0.2, 0) is 6.42 Å². The summed E-state index contributed by atoms with van der Waals surface area (Å²) in [6, 6.07) is 0. The first kappa shape index (κ1) is 12.5. The summed E-state index contributed by atoms with van der Waals surface area (Å²) >= 11 is 6.21. The molecular weight excluding hydrogens is 248 g/mol. The third kappa shape index (κ3) is 2.42. The number of hydrogen-bond donors (Lipinski definition) is 0. The molecule has 4 heteroatoms. The van der Waals surface area contributed by atoms with Crippen LogP contribution in [0.15, 0.2) is 4.52 Å². The molecule has 0 aliphatic heterocycles. The van der Waals surface area contributed by atoms with Crippen molar-refractivity contribution in [3.63, 3.8) is 0 Å². The van der Waals surface area contributed by atoms with E-state index >= 15 is 0 Å². The van der Waals surface area contributed by atoms with Gasteiger partial charge in [-0.05, 0) is 43.4 Å². The van der Waals surface area contributed by atoms with Crippen LogP contribution in [0.4, 0.5) is 0 Å². The molecule has 4 unspecified atom stereocenters. The molecule has 4 atom stereocenters. The molecule has 2 saturated carbocycles. The average Bonchev–Trinajstić information content (AvgIpc) is 3.04. The van der Waals surface area contributed by atoms with E-state index < -0.39 is 0 Å². The highest BCUT2D eigenvalue weighted by atomic mass is 35.5. The number of halogens is 1. The Morgan fingerprint density at radius 1 is 1.39 bits per heavy atom. The molecule has 0 aromatic carbocycles. The van der Waals surface area contributed by atoms with Crippen LogP contribution >= 0.6 is 11.6 Å². The Hall–Kier alpha value is -0.570. The van der Waals surface area contributed by atoms with Crippen molar-refractivity contribution in [2.75, 3.05) is 0 Å². The highest BCUT2D eigenvalue weighted by molar-refractivity contribution is 6.20. The third-order valence-electron chi connectivity index (χ3n) is 4.63. The maximum absolute atomic E-state index is 6.21. The fourth-order valence-corrected chi connectivity index (χ4v) is 4.02. The van der Waals surface area contributed by atoms with Crippen LogP contribution in [-0.4, -0.2) is 10.1 Å². The summed E-state index contributed by atoms with van der Waals surface area (Å²) in [4.78, 5) is 4.47. The van der Waals surface area contributed by atoms with Crippen LogP contribution < -0.4 is 0 Å². The Bertz CT molecular complexity index is 406. The first-order valence-corrected chi connectivity index (χ1v) is 7.66. The molecule has 3 nitrogen and oxygen atoms in total. The molecule has 0 saturated heterocycles. The normalized spacial score (nSPS) is 32.0. The van der Waals surface area contributed by atoms with Crippen molar-refractivity contribution in [1.29, 1.82) is 0 Å². The molecule has 100 valence electrons. The predicted octanol–water partition coefficient (Wildman–Crippen LogP) is 4.13. The summed E-state index contributed by atoms with van der Waals surface area (Å²) < 4.78 is 5.36. The zero-order valence-corrected chi connectivity index (χ0v) is 11.7. The second-order valence-electron chi connectivity index (χ2n) is 5.94. The lowest BCUT2D eigenvalue weighted by Crippen LogP contribution is -2.13. The van der Waals surface area contributed by atoms with Gasteiger partial charge in [-0.3, -0.25) is 0 Å². The van der Waals surface area contributed by atoms with Gasteiger partial charge in [-0.2, -0.15) is 4.98 Å². The molecule has 0 spiro atoms. The summed E-state index contributed by atoms with van der Waals surface area (Å²) in [5.41, 5.74) is 0. The van der Waals surface area contributed by atoms with Crippen molar-refractivity contribution in [1.82, 2.24) is 10.1 Å². The summed E-state index contributed by atoms with van der Waals surface area (Å²) in [6.45, 7) is 2.12. The number of nitrogens with zero attached hydrogens (tertiary/aromatic N) is 2. The minimum absolute atomic E-state index is 0.0903. The Morgan fingerprint density at radius 2 is 2.28 bits per heavy atom. The summed E-state index contributed by atoms with van der Waals surface area (Å²) in [7, 11) is 0. The van der Waals surface area contributed by atoms with Gasteiger partial charge in [-0.25, -0.2) is 0 Å². The van der Waals surface area contributed by atoms with E-state index in [1.165, 1.54) is 25.7 Å². The van der Waals surface area contributed by atoms with E-state index in [2.05, 4.69) is 17.1 Å². The van der Waals surface area contributed by atoms with Gasteiger partial charge < -0.3 is 4.52 Å². The van der Waals surface area contributed by atoms with Crippen molar-refractivity contribution in [2.45, 2.75) is 57.2 Å². The van der Waals surface area contributed by atoms with Crippen molar-refractivity contribution < 1.29 is 4.52 Å². The monoisotopic (exact) mass is 268 g/mol. The summed E-state index contributed by atoms with van der Waals surface area (Å²) in [5.74, 6) is 4.13. The van der Waals surface area contributed by atoms with Crippen molar-refractivity contribution in [2.24, 2.45) is 17.8 Å². The zero-order valence-electron chi connectivity index (χ0n) is 10.9. The smallest absolute Gasteiger partial charge is 0.226 e. The quantitative estimate of drug-likeness (QED) is 0.754. The second-order valence-corrected chi connectivity index (χ2v) is 6.47. The number of fused-ring (bicyclic) bond motifs is 2. The van der Waals surface area contributed by atoms with E-state index in [4.69, 9.17) is 16.1 Å². The van der Waals surface area contributed by atoms with Crippen LogP contribution in [0, 0.1) is 17.8 Å². The standard InChI is InChI=1S/C14H21ClN2O/c1-2-3-12(15)14-16-13(18-17-14)8-11-7-9-4-5-10(11)6-9/h9-12H,2-8H2,1H3. The van der Waals surface area contributed by atoms with Gasteiger partial charge >= 0.3 is 0 Å². The van der Waals surface area contributed by atoms with Crippen LogP contribution in [0.3, 0.4) is 0 Å². The van der Waals surface area contributed by atoms with Gasteiger partial charge in [0.05, 0.1) is 5.38 Å². The molecule has 2 bridgehead atoms. The maximum atomic E-state index is 6.21. The molecule has 3 rings (SSSR count). The van der Waals surface area contributed by atoms with E-state index in [0.29, 0.717) is 5.82 Å². The van der Waals surface area contributed by atoms with E-state index in [9.17, 15) is 0 Å². The van der Waals surface area contributed by atoms with E-state index in [0.717, 1.165) is 42.9 Å². The Kier molecular flexibility index (Phi) is 3.60. The van der Waals surface area contributed by atoms with Gasteiger partial charge in [-0.1, -0.05) is 24.9 Å². The molecule has 0 radical (unpaired) electrons. The highest BCUT2D eigenvalue weighted by Gasteiger charge is 2.40. The van der Waals surface area contributed by atoms with Crippen molar-refractivity contribution >= 4 is 11.6 Å². The minimum Gasteiger partial charge on any atom is -0.339 e. The first-order chi connectivity index (χ1) is 8.76. The molecular formula is C14H21ClN2O. The molecule has 18 heavy (non-hydrogen) atoms. The SMILES string of the molecule is CCCC(Cl)c1noc(CC2CC3CCC2C3)n1. The van der Waals surface area contributed by atoms with Gasteiger partial charge in [0.25, 0.3) is 0 Å². The van der Waals surface area contributed by atoms with Gasteiger partial charge in [0.15, 0.2) is 5.82 Å². The van der Waals surface area contributed by atoms with E-state index in [1.807, 2.05) is 0 Å². The molecule has 0 N–H and O–H groups in total. The number of rotatable bonds is 5. The van der Waals surface area contributed by atoms with Crippen molar-refractivity contribution in [3.05, 3.63) is 11.7 Å². The van der Waals surface area contributed by atoms with E-state index in [-0.39, 0.29) is 5.38 Å². The number of hydrogen-bond acceptors (Lipinski definition) is 3. The molecule has 2 fully saturated rings. The Labute approximate surface area is 113 Å². The van der Waals surface area contributed by atoms with E-state index in [1.54, 1.807) is 0 Å². The van der Waals surface area contributed by atoms with Crippen molar-refractivity contribution in [3.8, 4) is 0 Å². The molecule has 1 heterocycles.